The van der Waals surface area contributed by atoms with Crippen molar-refractivity contribution in [3.05, 3.63) is 59.2 Å². The molecule has 104 valence electrons. The number of aromatic carboxylic acids is 1. The highest BCUT2D eigenvalue weighted by Gasteiger charge is 2.16. The van der Waals surface area contributed by atoms with Gasteiger partial charge in [-0.1, -0.05) is 23.8 Å². The standard InChI is InChI=1S/C17H19NO2/c1-4-18(14-7-5-6-12(2)10-14)16-9-8-13(3)11-15(16)17(19)20/h5-11H,4H2,1-3H3,(H,19,20). The van der Waals surface area contributed by atoms with Gasteiger partial charge in [0.15, 0.2) is 0 Å². The molecule has 0 amide bonds. The molecule has 0 atom stereocenters. The number of nitrogens with zero attached hydrogens (tertiary/aromatic N) is 1. The molecule has 2 rings (SSSR count). The average molecular weight is 269 g/mol. The third-order valence-electron chi connectivity index (χ3n) is 3.30. The number of carboxylic acids is 1. The monoisotopic (exact) mass is 269 g/mol. The molecule has 0 radical (unpaired) electrons. The minimum Gasteiger partial charge on any atom is -0.478 e. The van der Waals surface area contributed by atoms with Crippen molar-refractivity contribution in [2.75, 3.05) is 11.4 Å². The summed E-state index contributed by atoms with van der Waals surface area (Å²) in [4.78, 5) is 13.5. The summed E-state index contributed by atoms with van der Waals surface area (Å²) in [7, 11) is 0. The van der Waals surface area contributed by atoms with Crippen molar-refractivity contribution < 1.29 is 9.90 Å². The van der Waals surface area contributed by atoms with Gasteiger partial charge in [-0.05, 0) is 50.6 Å². The average Bonchev–Trinajstić information content (AvgIpc) is 2.41. The van der Waals surface area contributed by atoms with Crippen LogP contribution in [0.3, 0.4) is 0 Å². The van der Waals surface area contributed by atoms with Crippen molar-refractivity contribution in [3.63, 3.8) is 0 Å². The van der Waals surface area contributed by atoms with Gasteiger partial charge >= 0.3 is 5.97 Å². The van der Waals surface area contributed by atoms with Crippen LogP contribution in [-0.2, 0) is 0 Å². The number of carbonyl (C=O) groups is 1. The van der Waals surface area contributed by atoms with E-state index in [1.54, 1.807) is 6.07 Å². The van der Waals surface area contributed by atoms with Crippen LogP contribution in [0.25, 0.3) is 0 Å². The van der Waals surface area contributed by atoms with Crippen molar-refractivity contribution in [1.82, 2.24) is 0 Å². The fourth-order valence-electron chi connectivity index (χ4n) is 2.34. The Labute approximate surface area is 119 Å². The van der Waals surface area contributed by atoms with Crippen LogP contribution in [-0.4, -0.2) is 17.6 Å². The molecule has 0 saturated heterocycles. The van der Waals surface area contributed by atoms with Crippen LogP contribution in [0.1, 0.15) is 28.4 Å². The molecule has 0 aliphatic heterocycles. The van der Waals surface area contributed by atoms with Gasteiger partial charge in [-0.2, -0.15) is 0 Å². The Morgan fingerprint density at radius 3 is 2.40 bits per heavy atom. The maximum Gasteiger partial charge on any atom is 0.337 e. The molecule has 1 N–H and O–H groups in total. The van der Waals surface area contributed by atoms with Gasteiger partial charge in [-0.3, -0.25) is 0 Å². The quantitative estimate of drug-likeness (QED) is 0.906. The highest BCUT2D eigenvalue weighted by molar-refractivity contribution is 5.96. The molecule has 2 aromatic carbocycles. The van der Waals surface area contributed by atoms with Crippen molar-refractivity contribution in [3.8, 4) is 0 Å². The zero-order chi connectivity index (χ0) is 14.7. The third-order valence-corrected chi connectivity index (χ3v) is 3.30. The first-order chi connectivity index (χ1) is 9.52. The van der Waals surface area contributed by atoms with Crippen LogP contribution in [0.15, 0.2) is 42.5 Å². The zero-order valence-corrected chi connectivity index (χ0v) is 12.1. The maximum atomic E-state index is 11.5. The summed E-state index contributed by atoms with van der Waals surface area (Å²) in [6, 6.07) is 13.6. The Kier molecular flexibility index (Phi) is 4.08. The van der Waals surface area contributed by atoms with Crippen molar-refractivity contribution in [2.45, 2.75) is 20.8 Å². The van der Waals surface area contributed by atoms with E-state index in [0.717, 1.165) is 22.5 Å². The predicted molar refractivity (Wildman–Crippen MR) is 82.0 cm³/mol. The van der Waals surface area contributed by atoms with Crippen molar-refractivity contribution >= 4 is 17.3 Å². The van der Waals surface area contributed by atoms with Crippen LogP contribution < -0.4 is 4.90 Å². The van der Waals surface area contributed by atoms with Crippen LogP contribution >= 0.6 is 0 Å². The number of anilines is 2. The second-order valence-electron chi connectivity index (χ2n) is 4.91. The minimum atomic E-state index is -0.894. The Bertz CT molecular complexity index is 635. The molecule has 0 saturated carbocycles. The lowest BCUT2D eigenvalue weighted by atomic mass is 10.1. The first-order valence-electron chi connectivity index (χ1n) is 6.71. The van der Waals surface area contributed by atoms with Gasteiger partial charge in [0.2, 0.25) is 0 Å². The molecule has 0 aliphatic carbocycles. The molecule has 0 fully saturated rings. The minimum absolute atomic E-state index is 0.341. The molecule has 2 aromatic rings. The fourth-order valence-corrected chi connectivity index (χ4v) is 2.34. The van der Waals surface area contributed by atoms with Gasteiger partial charge in [0.1, 0.15) is 0 Å². The predicted octanol–water partition coefficient (Wildman–Crippen LogP) is 4.16. The molecule has 0 heterocycles. The van der Waals surface area contributed by atoms with E-state index >= 15 is 0 Å². The number of benzene rings is 2. The Hall–Kier alpha value is -2.29. The highest BCUT2D eigenvalue weighted by Crippen LogP contribution is 2.29. The van der Waals surface area contributed by atoms with Crippen LogP contribution in [0.5, 0.6) is 0 Å². The molecule has 0 spiro atoms. The van der Waals surface area contributed by atoms with Gasteiger partial charge < -0.3 is 10.0 Å². The second-order valence-corrected chi connectivity index (χ2v) is 4.91. The van der Waals surface area contributed by atoms with Crippen molar-refractivity contribution in [1.29, 1.82) is 0 Å². The molecular weight excluding hydrogens is 250 g/mol. The SMILES string of the molecule is CCN(c1cccc(C)c1)c1ccc(C)cc1C(=O)O. The number of rotatable bonds is 4. The van der Waals surface area contributed by atoms with E-state index in [0.29, 0.717) is 12.1 Å². The topological polar surface area (TPSA) is 40.5 Å². The molecular formula is C17H19NO2. The Balaban J connectivity index is 2.55. The molecule has 0 aromatic heterocycles. The summed E-state index contributed by atoms with van der Waals surface area (Å²) in [6.07, 6.45) is 0. The zero-order valence-electron chi connectivity index (χ0n) is 12.1. The summed E-state index contributed by atoms with van der Waals surface area (Å²) in [5, 5.41) is 9.41. The molecule has 0 unspecified atom stereocenters. The molecule has 3 nitrogen and oxygen atoms in total. The number of carboxylic acid groups (broad SMARTS) is 1. The van der Waals surface area contributed by atoms with E-state index in [-0.39, 0.29) is 0 Å². The Morgan fingerprint density at radius 2 is 1.80 bits per heavy atom. The first-order valence-corrected chi connectivity index (χ1v) is 6.71. The van der Waals surface area contributed by atoms with Gasteiger partial charge in [-0.25, -0.2) is 4.79 Å². The number of hydrogen-bond acceptors (Lipinski definition) is 2. The van der Waals surface area contributed by atoms with Gasteiger partial charge in [0.25, 0.3) is 0 Å². The summed E-state index contributed by atoms with van der Waals surface area (Å²) in [5.74, 6) is -0.894. The molecule has 0 aliphatic rings. The van der Waals surface area contributed by atoms with E-state index in [1.165, 1.54) is 0 Å². The fraction of sp³-hybridized carbons (Fsp3) is 0.235. The Morgan fingerprint density at radius 1 is 1.10 bits per heavy atom. The molecule has 20 heavy (non-hydrogen) atoms. The molecule has 3 heteroatoms. The number of hydrogen-bond donors (Lipinski definition) is 1. The van der Waals surface area contributed by atoms with E-state index < -0.39 is 5.97 Å². The van der Waals surface area contributed by atoms with E-state index in [1.807, 2.05) is 56.0 Å². The second kappa shape index (κ2) is 5.78. The van der Waals surface area contributed by atoms with E-state index in [2.05, 4.69) is 6.07 Å². The maximum absolute atomic E-state index is 11.5. The van der Waals surface area contributed by atoms with Crippen LogP contribution in [0, 0.1) is 13.8 Å². The summed E-state index contributed by atoms with van der Waals surface area (Å²) in [5.41, 5.74) is 4.19. The number of aryl methyl sites for hydroxylation is 2. The molecule has 0 bridgehead atoms. The van der Waals surface area contributed by atoms with E-state index in [4.69, 9.17) is 0 Å². The lowest BCUT2D eigenvalue weighted by molar-refractivity contribution is 0.0697. The lowest BCUT2D eigenvalue weighted by Crippen LogP contribution is -2.19. The summed E-state index contributed by atoms with van der Waals surface area (Å²) in [6.45, 7) is 6.67. The van der Waals surface area contributed by atoms with Crippen LogP contribution in [0.4, 0.5) is 11.4 Å². The van der Waals surface area contributed by atoms with E-state index in [9.17, 15) is 9.90 Å². The third kappa shape index (κ3) is 2.82. The largest absolute Gasteiger partial charge is 0.478 e. The normalized spacial score (nSPS) is 10.3. The van der Waals surface area contributed by atoms with Crippen molar-refractivity contribution in [2.24, 2.45) is 0 Å². The van der Waals surface area contributed by atoms with Gasteiger partial charge in [0.05, 0.1) is 11.3 Å². The highest BCUT2D eigenvalue weighted by atomic mass is 16.4. The summed E-state index contributed by atoms with van der Waals surface area (Å²) < 4.78 is 0. The smallest absolute Gasteiger partial charge is 0.337 e. The first kappa shape index (κ1) is 14.1. The van der Waals surface area contributed by atoms with Gasteiger partial charge in [0, 0.05) is 12.2 Å². The van der Waals surface area contributed by atoms with Gasteiger partial charge in [-0.15, -0.1) is 0 Å². The van der Waals surface area contributed by atoms with Crippen LogP contribution in [0.2, 0.25) is 0 Å². The lowest BCUT2D eigenvalue weighted by Gasteiger charge is -2.25. The summed E-state index contributed by atoms with van der Waals surface area (Å²) >= 11 is 0.